The zero-order chi connectivity index (χ0) is 25.1. The normalized spacial score (nSPS) is 12.9. The van der Waals surface area contributed by atoms with Crippen molar-refractivity contribution < 1.29 is 4.74 Å². The van der Waals surface area contributed by atoms with Gasteiger partial charge in [-0.2, -0.15) is 0 Å². The summed E-state index contributed by atoms with van der Waals surface area (Å²) in [7, 11) is 3.68. The number of likely N-dealkylation sites (N-methyl/N-ethyl adjacent to an activating group) is 1. The fraction of sp³-hybridized carbons (Fsp3) is 0.222. The molecule has 0 spiro atoms. The number of rotatable bonds is 4. The molecule has 0 atom stereocenters. The fourth-order valence-corrected chi connectivity index (χ4v) is 6.19. The molecule has 1 aliphatic rings. The van der Waals surface area contributed by atoms with E-state index < -0.39 is 5.69 Å². The number of thiophene rings is 1. The maximum absolute atomic E-state index is 13.6. The van der Waals surface area contributed by atoms with Gasteiger partial charge in [0.05, 0.1) is 35.9 Å². The van der Waals surface area contributed by atoms with E-state index in [4.69, 9.17) is 4.74 Å². The lowest BCUT2D eigenvalue weighted by atomic mass is 10.1. The van der Waals surface area contributed by atoms with Gasteiger partial charge in [-0.1, -0.05) is 6.07 Å². The Morgan fingerprint density at radius 1 is 1.08 bits per heavy atom. The number of anilines is 1. The Labute approximate surface area is 211 Å². The van der Waals surface area contributed by atoms with Crippen molar-refractivity contribution in [2.45, 2.75) is 20.3 Å². The molecule has 36 heavy (non-hydrogen) atoms. The highest BCUT2D eigenvalue weighted by atomic mass is 32.1. The number of aromatic nitrogens is 4. The summed E-state index contributed by atoms with van der Waals surface area (Å²) in [5.74, 6) is 0.691. The molecule has 3 aromatic heterocycles. The molecule has 5 aromatic rings. The lowest BCUT2D eigenvalue weighted by Gasteiger charge is -2.12. The number of aromatic amines is 1. The van der Waals surface area contributed by atoms with E-state index in [1.807, 2.05) is 68.1 Å². The second-order valence-electron chi connectivity index (χ2n) is 9.12. The average Bonchev–Trinajstić information content (AvgIpc) is 3.55. The van der Waals surface area contributed by atoms with Gasteiger partial charge in [0, 0.05) is 30.4 Å². The molecule has 1 aliphatic heterocycles. The van der Waals surface area contributed by atoms with Crippen LogP contribution in [0, 0.1) is 13.8 Å². The smallest absolute Gasteiger partial charge is 0.334 e. The number of aryl methyl sites for hydroxylation is 2. The zero-order valence-electron chi connectivity index (χ0n) is 20.5. The monoisotopic (exact) mass is 499 g/mol. The molecular formula is C27H25N5O3S. The summed E-state index contributed by atoms with van der Waals surface area (Å²) in [6.45, 7) is 4.79. The number of imidazole rings is 1. The van der Waals surface area contributed by atoms with Gasteiger partial charge in [-0.25, -0.2) is 14.3 Å². The minimum absolute atomic E-state index is 0.308. The summed E-state index contributed by atoms with van der Waals surface area (Å²) in [5, 5.41) is 0.528. The molecule has 9 heteroatoms. The number of hydrogen-bond donors (Lipinski definition) is 1. The molecule has 0 amide bonds. The molecule has 1 N–H and O–H groups in total. The van der Waals surface area contributed by atoms with E-state index >= 15 is 0 Å². The molecule has 2 aromatic carbocycles. The van der Waals surface area contributed by atoms with Crippen LogP contribution < -0.4 is 20.9 Å². The van der Waals surface area contributed by atoms with Gasteiger partial charge in [-0.15, -0.1) is 11.3 Å². The van der Waals surface area contributed by atoms with Crippen molar-refractivity contribution in [1.29, 1.82) is 0 Å². The number of H-pyrrole nitrogens is 1. The van der Waals surface area contributed by atoms with E-state index in [1.165, 1.54) is 15.9 Å². The first-order chi connectivity index (χ1) is 17.4. The van der Waals surface area contributed by atoms with Crippen molar-refractivity contribution in [2.75, 3.05) is 25.6 Å². The maximum atomic E-state index is 13.6. The van der Waals surface area contributed by atoms with Gasteiger partial charge in [0.25, 0.3) is 5.56 Å². The first-order valence-electron chi connectivity index (χ1n) is 11.7. The number of nitrogens with one attached hydrogen (secondary N) is 1. The van der Waals surface area contributed by atoms with Crippen molar-refractivity contribution >= 4 is 27.2 Å². The van der Waals surface area contributed by atoms with Gasteiger partial charge in [0.1, 0.15) is 10.6 Å². The molecule has 4 heterocycles. The number of benzene rings is 2. The van der Waals surface area contributed by atoms with Crippen LogP contribution >= 0.6 is 11.3 Å². The Kier molecular flexibility index (Phi) is 5.11. The van der Waals surface area contributed by atoms with Crippen LogP contribution in [-0.2, 0) is 6.42 Å². The lowest BCUT2D eigenvalue weighted by molar-refractivity contribution is 0.413. The Hall–Kier alpha value is -4.11. The highest BCUT2D eigenvalue weighted by molar-refractivity contribution is 7.22. The van der Waals surface area contributed by atoms with Crippen molar-refractivity contribution in [2.24, 2.45) is 0 Å². The van der Waals surface area contributed by atoms with Crippen LogP contribution in [0.5, 0.6) is 5.75 Å². The predicted molar refractivity (Wildman–Crippen MR) is 144 cm³/mol. The van der Waals surface area contributed by atoms with Crippen molar-refractivity contribution in [1.82, 2.24) is 19.1 Å². The molecule has 0 saturated carbocycles. The summed E-state index contributed by atoms with van der Waals surface area (Å²) >= 11 is 1.40. The van der Waals surface area contributed by atoms with Crippen LogP contribution in [0.1, 0.15) is 16.8 Å². The van der Waals surface area contributed by atoms with Crippen LogP contribution in [0.15, 0.2) is 58.5 Å². The predicted octanol–water partition coefficient (Wildman–Crippen LogP) is 4.21. The fourth-order valence-electron chi connectivity index (χ4n) is 5.00. The minimum Gasteiger partial charge on any atom is -0.495 e. The number of hydrogen-bond acceptors (Lipinski definition) is 6. The first-order valence-corrected chi connectivity index (χ1v) is 12.5. The molecule has 0 radical (unpaired) electrons. The Morgan fingerprint density at radius 2 is 1.89 bits per heavy atom. The Balaban J connectivity index is 1.49. The van der Waals surface area contributed by atoms with Crippen molar-refractivity contribution in [3.63, 3.8) is 0 Å². The van der Waals surface area contributed by atoms with Crippen LogP contribution in [0.4, 0.5) is 5.69 Å². The van der Waals surface area contributed by atoms with Gasteiger partial charge in [0.15, 0.2) is 0 Å². The second kappa shape index (κ2) is 8.23. The molecule has 6 rings (SSSR count). The van der Waals surface area contributed by atoms with E-state index in [2.05, 4.69) is 14.9 Å². The number of fused-ring (bicyclic) bond motifs is 2. The van der Waals surface area contributed by atoms with Crippen molar-refractivity contribution in [3.05, 3.63) is 86.6 Å². The second-order valence-corrected chi connectivity index (χ2v) is 10.1. The highest BCUT2D eigenvalue weighted by Gasteiger charge is 2.21. The topological polar surface area (TPSA) is 85.2 Å². The van der Waals surface area contributed by atoms with E-state index in [-0.39, 0.29) is 5.56 Å². The summed E-state index contributed by atoms with van der Waals surface area (Å²) in [6.07, 6.45) is 4.58. The van der Waals surface area contributed by atoms with E-state index in [0.717, 1.165) is 51.6 Å². The zero-order valence-corrected chi connectivity index (χ0v) is 21.3. The van der Waals surface area contributed by atoms with Gasteiger partial charge in [0.2, 0.25) is 0 Å². The summed E-state index contributed by atoms with van der Waals surface area (Å²) in [5.41, 5.74) is 5.66. The number of ether oxygens (including phenoxy) is 1. The maximum Gasteiger partial charge on any atom is 0.334 e. The quantitative estimate of drug-likeness (QED) is 0.400. The minimum atomic E-state index is -0.435. The van der Waals surface area contributed by atoms with Crippen LogP contribution in [0.2, 0.25) is 0 Å². The van der Waals surface area contributed by atoms with Crippen LogP contribution in [-0.4, -0.2) is 39.8 Å². The highest BCUT2D eigenvalue weighted by Crippen LogP contribution is 2.38. The lowest BCUT2D eigenvalue weighted by Crippen LogP contribution is -2.33. The molecule has 0 aliphatic carbocycles. The van der Waals surface area contributed by atoms with E-state index in [1.54, 1.807) is 13.4 Å². The largest absolute Gasteiger partial charge is 0.495 e. The standard InChI is InChI=1S/C27H25N5O3S/c1-15-13-31(14-28-15)21-7-5-18(12-22(21)35-4)24-16(2)23-25(36-24)29-27(34)32(26(23)33)19-6-8-20-17(11-19)9-10-30(20)3/h5-8,11-14H,9-10H2,1-4H3,(H,29,34). The van der Waals surface area contributed by atoms with Crippen LogP contribution in [0.3, 0.4) is 0 Å². The molecule has 0 unspecified atom stereocenters. The summed E-state index contributed by atoms with van der Waals surface area (Å²) in [4.78, 5) is 37.6. The third kappa shape index (κ3) is 3.38. The third-order valence-electron chi connectivity index (χ3n) is 6.87. The van der Waals surface area contributed by atoms with Gasteiger partial charge in [-0.05, 0) is 67.3 Å². The molecule has 182 valence electrons. The molecule has 0 saturated heterocycles. The van der Waals surface area contributed by atoms with Crippen LogP contribution in [0.25, 0.3) is 32.0 Å². The molecule has 0 fully saturated rings. The van der Waals surface area contributed by atoms with Gasteiger partial charge >= 0.3 is 5.69 Å². The molecular weight excluding hydrogens is 474 g/mol. The third-order valence-corrected chi connectivity index (χ3v) is 8.12. The summed E-state index contributed by atoms with van der Waals surface area (Å²) in [6, 6.07) is 11.7. The first kappa shape index (κ1) is 22.4. The Bertz CT molecular complexity index is 1770. The molecule has 8 nitrogen and oxygen atoms in total. The SMILES string of the molecule is COc1cc(-c2sc3[nH]c(=O)n(-c4ccc5c(c4)CCN5C)c(=O)c3c2C)ccc1-n1cnc(C)c1. The summed E-state index contributed by atoms with van der Waals surface area (Å²) < 4.78 is 8.84. The van der Waals surface area contributed by atoms with Gasteiger partial charge < -0.3 is 14.2 Å². The number of nitrogens with zero attached hydrogens (tertiary/aromatic N) is 4. The average molecular weight is 500 g/mol. The number of methoxy groups -OCH3 is 1. The van der Waals surface area contributed by atoms with Gasteiger partial charge in [-0.3, -0.25) is 9.78 Å². The van der Waals surface area contributed by atoms with E-state index in [0.29, 0.717) is 21.7 Å². The van der Waals surface area contributed by atoms with Crippen molar-refractivity contribution in [3.8, 4) is 27.6 Å². The Morgan fingerprint density at radius 3 is 2.64 bits per heavy atom. The molecule has 0 bridgehead atoms. The van der Waals surface area contributed by atoms with E-state index in [9.17, 15) is 9.59 Å².